The first-order chi connectivity index (χ1) is 13.1. The Labute approximate surface area is 162 Å². The van der Waals surface area contributed by atoms with E-state index in [1.54, 1.807) is 0 Å². The Morgan fingerprint density at radius 3 is 2.61 bits per heavy atom. The third kappa shape index (κ3) is 3.57. The summed E-state index contributed by atoms with van der Waals surface area (Å²) in [6.45, 7) is 7.91. The second-order valence-electron chi connectivity index (χ2n) is 7.94. The summed E-state index contributed by atoms with van der Waals surface area (Å²) in [5, 5.41) is 32.9. The van der Waals surface area contributed by atoms with E-state index in [-0.39, 0.29) is 24.8 Å². The van der Waals surface area contributed by atoms with Crippen LogP contribution < -0.4 is 11.1 Å². The van der Waals surface area contributed by atoms with Gasteiger partial charge in [-0.3, -0.25) is 14.4 Å². The van der Waals surface area contributed by atoms with Crippen molar-refractivity contribution in [3.05, 3.63) is 24.3 Å². The van der Waals surface area contributed by atoms with Gasteiger partial charge in [0, 0.05) is 18.4 Å². The highest BCUT2D eigenvalue weighted by atomic mass is 16.6. The number of rotatable bonds is 6. The monoisotopic (exact) mass is 394 g/mol. The van der Waals surface area contributed by atoms with Crippen LogP contribution in [0.15, 0.2) is 24.3 Å². The largest absolute Gasteiger partial charge is 0.480 e. The molecule has 0 spiro atoms. The van der Waals surface area contributed by atoms with Crippen molar-refractivity contribution in [2.75, 3.05) is 6.54 Å². The Balaban J connectivity index is 1.82. The summed E-state index contributed by atoms with van der Waals surface area (Å²) in [7, 11) is 0. The summed E-state index contributed by atoms with van der Waals surface area (Å²) in [6.07, 6.45) is -2.01. The zero-order chi connectivity index (χ0) is 20.7. The van der Waals surface area contributed by atoms with Gasteiger partial charge < -0.3 is 31.1 Å². The van der Waals surface area contributed by atoms with Crippen LogP contribution in [-0.2, 0) is 19.1 Å². The van der Waals surface area contributed by atoms with E-state index in [4.69, 9.17) is 10.5 Å². The van der Waals surface area contributed by atoms with Gasteiger partial charge in [-0.25, -0.2) is 0 Å². The molecule has 2 aliphatic carbocycles. The highest BCUT2D eigenvalue weighted by molar-refractivity contribution is 5.83. The number of ether oxygens (including phenoxy) is 1. The second-order valence-corrected chi connectivity index (χ2v) is 7.94. The van der Waals surface area contributed by atoms with Gasteiger partial charge in [-0.1, -0.05) is 18.7 Å². The van der Waals surface area contributed by atoms with Crippen molar-refractivity contribution in [3.8, 4) is 0 Å². The number of aliphatic carboxylic acids is 1. The van der Waals surface area contributed by atoms with E-state index < -0.39 is 60.5 Å². The Morgan fingerprint density at radius 1 is 1.32 bits per heavy atom. The Kier molecular flexibility index (Phi) is 5.60. The average molecular weight is 394 g/mol. The summed E-state index contributed by atoms with van der Waals surface area (Å²) in [5.74, 6) is -4.46. The minimum atomic E-state index is -1.26. The van der Waals surface area contributed by atoms with Gasteiger partial charge in [-0.2, -0.15) is 0 Å². The first kappa shape index (κ1) is 20.5. The molecule has 1 amide bonds. The van der Waals surface area contributed by atoms with E-state index >= 15 is 0 Å². The van der Waals surface area contributed by atoms with Gasteiger partial charge in [0.1, 0.15) is 12.1 Å². The number of aliphatic hydroxyl groups is 2. The third-order valence-corrected chi connectivity index (χ3v) is 6.25. The van der Waals surface area contributed by atoms with Crippen LogP contribution in [0, 0.1) is 23.7 Å². The third-order valence-electron chi connectivity index (χ3n) is 6.25. The Bertz CT molecular complexity index is 721. The van der Waals surface area contributed by atoms with E-state index in [0.29, 0.717) is 12.0 Å². The van der Waals surface area contributed by atoms with Gasteiger partial charge in [0.05, 0.1) is 24.5 Å². The van der Waals surface area contributed by atoms with Crippen molar-refractivity contribution in [3.63, 3.8) is 0 Å². The molecule has 3 aliphatic rings. The maximum atomic E-state index is 12.5. The first-order valence-electron chi connectivity index (χ1n) is 9.29. The molecule has 0 aromatic heterocycles. The van der Waals surface area contributed by atoms with Crippen molar-refractivity contribution in [2.45, 2.75) is 43.6 Å². The number of carboxylic acids is 1. The van der Waals surface area contributed by atoms with Crippen LogP contribution in [0.1, 0.15) is 19.3 Å². The summed E-state index contributed by atoms with van der Waals surface area (Å²) in [5.41, 5.74) is 6.42. The molecule has 0 aromatic carbocycles. The molecule has 3 fully saturated rings. The van der Waals surface area contributed by atoms with E-state index in [2.05, 4.69) is 18.5 Å². The zero-order valence-electron chi connectivity index (χ0n) is 15.4. The molecule has 8 atom stereocenters. The molecule has 0 unspecified atom stereocenters. The van der Waals surface area contributed by atoms with Crippen LogP contribution in [0.5, 0.6) is 0 Å². The Hall–Kier alpha value is -2.23. The number of amides is 1. The summed E-state index contributed by atoms with van der Waals surface area (Å²) in [6, 6.07) is -1.24. The minimum Gasteiger partial charge on any atom is -0.480 e. The van der Waals surface area contributed by atoms with Crippen LogP contribution >= 0.6 is 0 Å². The van der Waals surface area contributed by atoms with Crippen molar-refractivity contribution in [1.29, 1.82) is 0 Å². The number of aliphatic hydroxyl groups excluding tert-OH is 2. The number of esters is 1. The van der Waals surface area contributed by atoms with Crippen molar-refractivity contribution in [2.24, 2.45) is 29.4 Å². The van der Waals surface area contributed by atoms with Crippen molar-refractivity contribution >= 4 is 17.8 Å². The van der Waals surface area contributed by atoms with Gasteiger partial charge in [0.25, 0.3) is 0 Å². The molecule has 0 bridgehead atoms. The molecule has 1 heterocycles. The number of carbonyl (C=O) groups is 3. The number of carbonyl (C=O) groups excluding carboxylic acids is 2. The fourth-order valence-corrected chi connectivity index (χ4v) is 4.86. The number of fused-ring (bicyclic) bond motifs is 3. The summed E-state index contributed by atoms with van der Waals surface area (Å²) < 4.78 is 5.59. The lowest BCUT2D eigenvalue weighted by molar-refractivity contribution is -0.146. The lowest BCUT2D eigenvalue weighted by atomic mass is 9.78. The molecular weight excluding hydrogens is 368 g/mol. The quantitative estimate of drug-likeness (QED) is 0.281. The van der Waals surface area contributed by atoms with Gasteiger partial charge in [-0.15, -0.1) is 0 Å². The lowest BCUT2D eigenvalue weighted by Crippen LogP contribution is -2.45. The van der Waals surface area contributed by atoms with Gasteiger partial charge >= 0.3 is 11.9 Å². The molecule has 9 nitrogen and oxygen atoms in total. The highest BCUT2D eigenvalue weighted by Crippen LogP contribution is 2.52. The molecule has 9 heteroatoms. The van der Waals surface area contributed by atoms with Crippen LogP contribution in [-0.4, -0.2) is 64.1 Å². The number of carboxylic acid groups (broad SMARTS) is 1. The standard InChI is InChI=1S/C19H26N2O7/c1-7-3-13(23)16-10(6-21-11(18(25)26)5-14(20)24)19(27)28-17(16)15-8(2)12(22)4-9(7)15/h9-13,15-17,21-23H,1-6H2,(H2,20,24)(H,25,26)/t9-,10-,11-,12-,13-,15-,16+,17+/m0/s1. The summed E-state index contributed by atoms with van der Waals surface area (Å²) >= 11 is 0. The molecule has 6 N–H and O–H groups in total. The SMILES string of the molecule is C=C1[C@@H]2[C@H]3OC(=O)[C@@H](CN[C@@H](CC(N)=O)C(=O)O)[C@@H]3[C@@H](O)CC(=C)[C@@H]2C[C@@H]1O. The van der Waals surface area contributed by atoms with Gasteiger partial charge in [0.2, 0.25) is 5.91 Å². The minimum absolute atomic E-state index is 0.0831. The van der Waals surface area contributed by atoms with E-state index in [1.165, 1.54) is 0 Å². The fraction of sp³-hybridized carbons (Fsp3) is 0.632. The lowest BCUT2D eigenvalue weighted by Gasteiger charge is -2.28. The number of nitrogens with two attached hydrogens (primary N) is 1. The average Bonchev–Trinajstić information content (AvgIpc) is 3.04. The summed E-state index contributed by atoms with van der Waals surface area (Å²) in [4.78, 5) is 34.9. The molecular formula is C19H26N2O7. The first-order valence-corrected chi connectivity index (χ1v) is 9.29. The van der Waals surface area contributed by atoms with Crippen molar-refractivity contribution in [1.82, 2.24) is 5.32 Å². The molecule has 2 saturated carbocycles. The molecule has 1 aliphatic heterocycles. The fourth-order valence-electron chi connectivity index (χ4n) is 4.86. The Morgan fingerprint density at radius 2 is 2.00 bits per heavy atom. The molecule has 28 heavy (non-hydrogen) atoms. The molecule has 0 aromatic rings. The smallest absolute Gasteiger partial charge is 0.321 e. The molecule has 3 rings (SSSR count). The van der Waals surface area contributed by atoms with E-state index in [1.807, 2.05) is 0 Å². The van der Waals surface area contributed by atoms with Gasteiger partial charge in [-0.05, 0) is 24.3 Å². The van der Waals surface area contributed by atoms with Crippen LogP contribution in [0.4, 0.5) is 0 Å². The molecule has 1 saturated heterocycles. The number of hydrogen-bond donors (Lipinski definition) is 5. The van der Waals surface area contributed by atoms with Crippen LogP contribution in [0.2, 0.25) is 0 Å². The molecule has 154 valence electrons. The second kappa shape index (κ2) is 7.65. The highest BCUT2D eigenvalue weighted by Gasteiger charge is 2.57. The zero-order valence-corrected chi connectivity index (χ0v) is 15.4. The van der Waals surface area contributed by atoms with Gasteiger partial charge in [0.15, 0.2) is 0 Å². The number of primary amides is 1. The van der Waals surface area contributed by atoms with Crippen molar-refractivity contribution < 1.29 is 34.4 Å². The molecule has 0 radical (unpaired) electrons. The van der Waals surface area contributed by atoms with E-state index in [9.17, 15) is 29.7 Å². The van der Waals surface area contributed by atoms with E-state index in [0.717, 1.165) is 5.57 Å². The maximum absolute atomic E-state index is 12.5. The predicted octanol–water partition coefficient (Wildman–Crippen LogP) is -1.06. The van der Waals surface area contributed by atoms with Crippen LogP contribution in [0.25, 0.3) is 0 Å². The number of hydrogen-bond acceptors (Lipinski definition) is 7. The number of nitrogens with one attached hydrogen (secondary N) is 1. The predicted molar refractivity (Wildman–Crippen MR) is 96.6 cm³/mol. The topological polar surface area (TPSA) is 159 Å². The normalized spacial score (nSPS) is 38.4. The maximum Gasteiger partial charge on any atom is 0.321 e. The van der Waals surface area contributed by atoms with Crippen LogP contribution in [0.3, 0.4) is 0 Å².